The summed E-state index contributed by atoms with van der Waals surface area (Å²) in [6.45, 7) is 3.20. The number of rotatable bonds is 6. The summed E-state index contributed by atoms with van der Waals surface area (Å²) in [6, 6.07) is 12.7. The van der Waals surface area contributed by atoms with Crippen LogP contribution in [0, 0.1) is 0 Å². The van der Waals surface area contributed by atoms with Crippen molar-refractivity contribution >= 4 is 17.4 Å². The molecular weight excluding hydrogens is 240 g/mol. The number of hydrogen-bond acceptors (Lipinski definition) is 3. The molecule has 0 spiro atoms. The van der Waals surface area contributed by atoms with Crippen molar-refractivity contribution < 1.29 is 0 Å². The van der Waals surface area contributed by atoms with Crippen LogP contribution in [0.25, 0.3) is 0 Å². The van der Waals surface area contributed by atoms with Gasteiger partial charge in [-0.3, -0.25) is 4.98 Å². The number of thioether (sulfide) groups is 1. The fourth-order valence-electron chi connectivity index (χ4n) is 1.59. The molecule has 0 atom stereocenters. The summed E-state index contributed by atoms with van der Waals surface area (Å²) in [5.74, 6) is 0.968. The Morgan fingerprint density at radius 2 is 2.00 bits per heavy atom. The predicted octanol–water partition coefficient (Wildman–Crippen LogP) is 4.20. The summed E-state index contributed by atoms with van der Waals surface area (Å²) in [5.41, 5.74) is 2.46. The maximum absolute atomic E-state index is 4.12. The fourth-order valence-corrected chi connectivity index (χ4v) is 2.42. The minimum atomic E-state index is 0.968. The van der Waals surface area contributed by atoms with E-state index < -0.39 is 0 Å². The minimum Gasteiger partial charge on any atom is -0.385 e. The van der Waals surface area contributed by atoms with Crippen molar-refractivity contribution in [1.29, 1.82) is 0 Å². The Morgan fingerprint density at radius 3 is 2.67 bits per heavy atom. The monoisotopic (exact) mass is 258 g/mol. The Hall–Kier alpha value is -1.48. The van der Waals surface area contributed by atoms with Crippen LogP contribution in [0.2, 0.25) is 0 Å². The molecule has 0 saturated heterocycles. The average Bonchev–Trinajstić information content (AvgIpc) is 2.45. The Labute approximate surface area is 113 Å². The quantitative estimate of drug-likeness (QED) is 0.786. The number of pyridine rings is 1. The third-order valence-electron chi connectivity index (χ3n) is 2.56. The van der Waals surface area contributed by atoms with E-state index in [9.17, 15) is 0 Å². The van der Waals surface area contributed by atoms with Gasteiger partial charge in [-0.25, -0.2) is 0 Å². The van der Waals surface area contributed by atoms with E-state index in [1.54, 1.807) is 0 Å². The highest BCUT2D eigenvalue weighted by atomic mass is 32.2. The molecule has 0 saturated carbocycles. The molecule has 0 aliphatic heterocycles. The molecule has 0 amide bonds. The smallest absolute Gasteiger partial charge is 0.0340 e. The first-order chi connectivity index (χ1) is 8.88. The summed E-state index contributed by atoms with van der Waals surface area (Å²) in [6.07, 6.45) is 4.88. The molecule has 3 heteroatoms. The van der Waals surface area contributed by atoms with Gasteiger partial charge in [-0.2, -0.15) is 0 Å². The molecule has 1 aromatic carbocycles. The fraction of sp³-hybridized carbons (Fsp3) is 0.267. The number of nitrogens with one attached hydrogen (secondary N) is 1. The second kappa shape index (κ2) is 7.07. The van der Waals surface area contributed by atoms with Gasteiger partial charge in [0.2, 0.25) is 0 Å². The lowest BCUT2D eigenvalue weighted by atomic mass is 10.3. The van der Waals surface area contributed by atoms with Crippen LogP contribution in [0.5, 0.6) is 0 Å². The molecular formula is C15H18N2S. The molecule has 2 rings (SSSR count). The summed E-state index contributed by atoms with van der Waals surface area (Å²) in [5, 5.41) is 3.38. The molecule has 2 aromatic rings. The van der Waals surface area contributed by atoms with Gasteiger partial charge in [0.05, 0.1) is 0 Å². The summed E-state index contributed by atoms with van der Waals surface area (Å²) < 4.78 is 0. The van der Waals surface area contributed by atoms with E-state index in [1.165, 1.54) is 16.1 Å². The molecule has 2 nitrogen and oxygen atoms in total. The highest BCUT2D eigenvalue weighted by Crippen LogP contribution is 2.23. The Kier molecular flexibility index (Phi) is 5.09. The normalized spacial score (nSPS) is 10.3. The molecule has 0 unspecified atom stereocenters. The Morgan fingerprint density at radius 1 is 1.17 bits per heavy atom. The molecule has 18 heavy (non-hydrogen) atoms. The average molecular weight is 258 g/mol. The lowest BCUT2D eigenvalue weighted by Gasteiger charge is -2.06. The molecule has 0 aliphatic rings. The van der Waals surface area contributed by atoms with Gasteiger partial charge in [0.25, 0.3) is 0 Å². The van der Waals surface area contributed by atoms with E-state index in [4.69, 9.17) is 0 Å². The molecule has 0 fully saturated rings. The zero-order valence-corrected chi connectivity index (χ0v) is 11.4. The standard InChI is InChI=1S/C15H18N2S/c1-2-9-17-14-5-7-15(8-6-14)18-12-13-4-3-10-16-11-13/h3-8,10-11,17H,2,9,12H2,1H3. The van der Waals surface area contributed by atoms with Crippen LogP contribution in [0.15, 0.2) is 53.7 Å². The van der Waals surface area contributed by atoms with Gasteiger partial charge in [0.1, 0.15) is 0 Å². The number of aromatic nitrogens is 1. The van der Waals surface area contributed by atoms with Gasteiger partial charge in [-0.05, 0) is 42.3 Å². The third kappa shape index (κ3) is 4.08. The molecule has 0 radical (unpaired) electrons. The lowest BCUT2D eigenvalue weighted by molar-refractivity contribution is 0.979. The van der Waals surface area contributed by atoms with Crippen LogP contribution in [-0.4, -0.2) is 11.5 Å². The van der Waals surface area contributed by atoms with Gasteiger partial charge in [-0.15, -0.1) is 11.8 Å². The molecule has 94 valence electrons. The highest BCUT2D eigenvalue weighted by molar-refractivity contribution is 7.98. The van der Waals surface area contributed by atoms with Crippen molar-refractivity contribution in [3.05, 3.63) is 54.4 Å². The van der Waals surface area contributed by atoms with E-state index in [2.05, 4.69) is 47.6 Å². The maximum atomic E-state index is 4.12. The van der Waals surface area contributed by atoms with Gasteiger partial charge in [-0.1, -0.05) is 13.0 Å². The van der Waals surface area contributed by atoms with E-state index in [-0.39, 0.29) is 0 Å². The topological polar surface area (TPSA) is 24.9 Å². The number of anilines is 1. The molecule has 0 aliphatic carbocycles. The van der Waals surface area contributed by atoms with E-state index in [1.807, 2.05) is 30.2 Å². The van der Waals surface area contributed by atoms with Crippen LogP contribution >= 0.6 is 11.8 Å². The Balaban J connectivity index is 1.86. The van der Waals surface area contributed by atoms with Crippen molar-refractivity contribution in [3.8, 4) is 0 Å². The second-order valence-corrected chi connectivity index (χ2v) is 5.15. The van der Waals surface area contributed by atoms with Crippen LogP contribution in [0.3, 0.4) is 0 Å². The van der Waals surface area contributed by atoms with Gasteiger partial charge in [0.15, 0.2) is 0 Å². The molecule has 0 bridgehead atoms. The van der Waals surface area contributed by atoms with Crippen LogP contribution < -0.4 is 5.32 Å². The molecule has 1 N–H and O–H groups in total. The zero-order valence-electron chi connectivity index (χ0n) is 10.6. The first-order valence-electron chi connectivity index (χ1n) is 6.24. The first-order valence-corrected chi connectivity index (χ1v) is 7.22. The summed E-state index contributed by atoms with van der Waals surface area (Å²) >= 11 is 1.84. The van der Waals surface area contributed by atoms with E-state index >= 15 is 0 Å². The van der Waals surface area contributed by atoms with Gasteiger partial charge in [0, 0.05) is 35.3 Å². The van der Waals surface area contributed by atoms with Gasteiger partial charge >= 0.3 is 0 Å². The lowest BCUT2D eigenvalue weighted by Crippen LogP contribution is -1.98. The first kappa shape index (κ1) is 13.0. The van der Waals surface area contributed by atoms with Crippen LogP contribution in [-0.2, 0) is 5.75 Å². The van der Waals surface area contributed by atoms with Crippen molar-refractivity contribution in [2.24, 2.45) is 0 Å². The zero-order chi connectivity index (χ0) is 12.6. The second-order valence-electron chi connectivity index (χ2n) is 4.10. The Bertz CT molecular complexity index is 454. The van der Waals surface area contributed by atoms with Crippen molar-refractivity contribution in [2.75, 3.05) is 11.9 Å². The third-order valence-corrected chi connectivity index (χ3v) is 3.64. The van der Waals surface area contributed by atoms with Crippen molar-refractivity contribution in [1.82, 2.24) is 4.98 Å². The number of hydrogen-bond donors (Lipinski definition) is 1. The summed E-state index contributed by atoms with van der Waals surface area (Å²) in [4.78, 5) is 5.41. The largest absolute Gasteiger partial charge is 0.385 e. The SMILES string of the molecule is CCCNc1ccc(SCc2cccnc2)cc1. The van der Waals surface area contributed by atoms with Crippen molar-refractivity contribution in [2.45, 2.75) is 24.0 Å². The van der Waals surface area contributed by atoms with Crippen LogP contribution in [0.4, 0.5) is 5.69 Å². The van der Waals surface area contributed by atoms with E-state index in [0.717, 1.165) is 18.7 Å². The van der Waals surface area contributed by atoms with Gasteiger partial charge < -0.3 is 5.32 Å². The number of nitrogens with zero attached hydrogens (tertiary/aromatic N) is 1. The van der Waals surface area contributed by atoms with E-state index in [0.29, 0.717) is 0 Å². The van der Waals surface area contributed by atoms with Crippen LogP contribution in [0.1, 0.15) is 18.9 Å². The maximum Gasteiger partial charge on any atom is 0.0340 e. The summed E-state index contributed by atoms with van der Waals surface area (Å²) in [7, 11) is 0. The minimum absolute atomic E-state index is 0.968. The molecule has 1 aromatic heterocycles. The number of benzene rings is 1. The molecule has 1 heterocycles. The highest BCUT2D eigenvalue weighted by Gasteiger charge is 1.97. The van der Waals surface area contributed by atoms with Crippen molar-refractivity contribution in [3.63, 3.8) is 0 Å². The predicted molar refractivity (Wildman–Crippen MR) is 79.0 cm³/mol.